The largest absolute Gasteiger partial charge is 0.354 e. The van der Waals surface area contributed by atoms with Gasteiger partial charge in [0.2, 0.25) is 0 Å². The van der Waals surface area contributed by atoms with Crippen molar-refractivity contribution in [1.82, 2.24) is 19.7 Å². The van der Waals surface area contributed by atoms with Gasteiger partial charge in [0.15, 0.2) is 5.69 Å². The van der Waals surface area contributed by atoms with E-state index in [1.165, 1.54) is 0 Å². The van der Waals surface area contributed by atoms with Gasteiger partial charge in [0.05, 0.1) is 29.1 Å². The van der Waals surface area contributed by atoms with Crippen molar-refractivity contribution in [3.63, 3.8) is 0 Å². The van der Waals surface area contributed by atoms with Crippen LogP contribution in [0.5, 0.6) is 0 Å². The van der Waals surface area contributed by atoms with E-state index in [0.29, 0.717) is 11.2 Å². The van der Waals surface area contributed by atoms with Crippen LogP contribution >= 0.6 is 0 Å². The standard InChI is InChI=1S/C12H10N4O/c1-13-12(17)11-10-6-14-7-16(10)9-5-3-2-4-8(9)15-11/h2-7H,1H3,(H,13,17). The number of aromatic nitrogens is 3. The molecule has 0 fully saturated rings. The third-order valence-electron chi connectivity index (χ3n) is 2.70. The van der Waals surface area contributed by atoms with E-state index in [4.69, 9.17) is 0 Å². The first-order valence-electron chi connectivity index (χ1n) is 5.24. The van der Waals surface area contributed by atoms with Gasteiger partial charge in [-0.3, -0.25) is 9.20 Å². The van der Waals surface area contributed by atoms with Gasteiger partial charge in [-0.25, -0.2) is 9.97 Å². The summed E-state index contributed by atoms with van der Waals surface area (Å²) in [6, 6.07) is 7.65. The number of carbonyl (C=O) groups is 1. The van der Waals surface area contributed by atoms with E-state index in [1.54, 1.807) is 19.6 Å². The molecule has 0 aliphatic heterocycles. The maximum Gasteiger partial charge on any atom is 0.271 e. The van der Waals surface area contributed by atoms with Crippen LogP contribution in [0.15, 0.2) is 36.8 Å². The molecule has 0 radical (unpaired) electrons. The van der Waals surface area contributed by atoms with E-state index in [0.717, 1.165) is 11.0 Å². The Balaban J connectivity index is 2.48. The highest BCUT2D eigenvalue weighted by molar-refractivity contribution is 6.00. The second kappa shape index (κ2) is 3.55. The summed E-state index contributed by atoms with van der Waals surface area (Å²) in [5.41, 5.74) is 2.82. The first-order chi connectivity index (χ1) is 8.31. The van der Waals surface area contributed by atoms with Crippen molar-refractivity contribution in [2.75, 3.05) is 7.05 Å². The normalized spacial score (nSPS) is 10.9. The number of imidazole rings is 1. The Morgan fingerprint density at radius 3 is 2.94 bits per heavy atom. The first kappa shape index (κ1) is 9.77. The molecule has 1 N–H and O–H groups in total. The van der Waals surface area contributed by atoms with Crippen molar-refractivity contribution in [2.24, 2.45) is 0 Å². The topological polar surface area (TPSA) is 59.3 Å². The van der Waals surface area contributed by atoms with Crippen LogP contribution in [0.3, 0.4) is 0 Å². The highest BCUT2D eigenvalue weighted by Crippen LogP contribution is 2.17. The minimum absolute atomic E-state index is 0.207. The molecule has 0 saturated carbocycles. The molecule has 2 aromatic heterocycles. The van der Waals surface area contributed by atoms with E-state index in [9.17, 15) is 4.79 Å². The SMILES string of the molecule is CNC(=O)c1nc2ccccc2n2cncc12. The lowest BCUT2D eigenvalue weighted by Crippen LogP contribution is -2.20. The fourth-order valence-corrected chi connectivity index (χ4v) is 1.89. The number of fused-ring (bicyclic) bond motifs is 3. The van der Waals surface area contributed by atoms with Crippen LogP contribution < -0.4 is 5.32 Å². The molecule has 0 bridgehead atoms. The fraction of sp³-hybridized carbons (Fsp3) is 0.0833. The van der Waals surface area contributed by atoms with Crippen LogP contribution in [-0.4, -0.2) is 27.3 Å². The van der Waals surface area contributed by atoms with Crippen LogP contribution in [0, 0.1) is 0 Å². The van der Waals surface area contributed by atoms with Gasteiger partial charge in [-0.1, -0.05) is 12.1 Å². The van der Waals surface area contributed by atoms with Crippen molar-refractivity contribution >= 4 is 22.5 Å². The van der Waals surface area contributed by atoms with E-state index in [1.807, 2.05) is 28.7 Å². The number of carbonyl (C=O) groups excluding carboxylic acids is 1. The molecule has 1 aromatic carbocycles. The average Bonchev–Trinajstić information content (AvgIpc) is 2.86. The van der Waals surface area contributed by atoms with Crippen molar-refractivity contribution < 1.29 is 4.79 Å². The van der Waals surface area contributed by atoms with E-state index in [2.05, 4.69) is 15.3 Å². The monoisotopic (exact) mass is 226 g/mol. The number of nitrogens with zero attached hydrogens (tertiary/aromatic N) is 3. The average molecular weight is 226 g/mol. The molecule has 84 valence electrons. The quantitative estimate of drug-likeness (QED) is 0.679. The summed E-state index contributed by atoms with van der Waals surface area (Å²) in [5.74, 6) is -0.207. The Morgan fingerprint density at radius 2 is 2.12 bits per heavy atom. The molecule has 0 saturated heterocycles. The van der Waals surface area contributed by atoms with Crippen LogP contribution in [0.2, 0.25) is 0 Å². The minimum Gasteiger partial charge on any atom is -0.354 e. The minimum atomic E-state index is -0.207. The third kappa shape index (κ3) is 1.36. The second-order valence-electron chi connectivity index (χ2n) is 3.68. The number of nitrogens with one attached hydrogen (secondary N) is 1. The molecule has 0 unspecified atom stereocenters. The van der Waals surface area contributed by atoms with Gasteiger partial charge in [0.25, 0.3) is 5.91 Å². The van der Waals surface area contributed by atoms with Gasteiger partial charge in [0.1, 0.15) is 0 Å². The number of rotatable bonds is 1. The lowest BCUT2D eigenvalue weighted by Gasteiger charge is -2.06. The zero-order valence-corrected chi connectivity index (χ0v) is 9.21. The summed E-state index contributed by atoms with van der Waals surface area (Å²) in [5, 5.41) is 2.59. The molecular formula is C12H10N4O. The molecule has 0 aliphatic rings. The Labute approximate surface area is 97.1 Å². The van der Waals surface area contributed by atoms with E-state index in [-0.39, 0.29) is 5.91 Å². The highest BCUT2D eigenvalue weighted by Gasteiger charge is 2.13. The molecule has 0 aliphatic carbocycles. The molecule has 17 heavy (non-hydrogen) atoms. The molecule has 0 atom stereocenters. The summed E-state index contributed by atoms with van der Waals surface area (Å²) in [4.78, 5) is 20.2. The molecule has 3 aromatic rings. The third-order valence-corrected chi connectivity index (χ3v) is 2.70. The van der Waals surface area contributed by atoms with E-state index >= 15 is 0 Å². The Bertz CT molecular complexity index is 717. The predicted molar refractivity (Wildman–Crippen MR) is 63.9 cm³/mol. The van der Waals surface area contributed by atoms with Gasteiger partial charge >= 0.3 is 0 Å². The predicted octanol–water partition coefficient (Wildman–Crippen LogP) is 1.24. The van der Waals surface area contributed by atoms with Crippen molar-refractivity contribution in [2.45, 2.75) is 0 Å². The maximum absolute atomic E-state index is 11.8. The van der Waals surface area contributed by atoms with Crippen molar-refractivity contribution in [3.05, 3.63) is 42.5 Å². The van der Waals surface area contributed by atoms with Crippen LogP contribution in [0.25, 0.3) is 16.6 Å². The zero-order chi connectivity index (χ0) is 11.8. The number of benzene rings is 1. The van der Waals surface area contributed by atoms with Gasteiger partial charge in [0, 0.05) is 7.05 Å². The van der Waals surface area contributed by atoms with Crippen molar-refractivity contribution in [3.8, 4) is 0 Å². The molecule has 2 heterocycles. The summed E-state index contributed by atoms with van der Waals surface area (Å²) < 4.78 is 1.87. The molecule has 1 amide bonds. The van der Waals surface area contributed by atoms with Crippen LogP contribution in [-0.2, 0) is 0 Å². The van der Waals surface area contributed by atoms with Crippen LogP contribution in [0.1, 0.15) is 10.5 Å². The van der Waals surface area contributed by atoms with E-state index < -0.39 is 0 Å². The van der Waals surface area contributed by atoms with Gasteiger partial charge in [-0.2, -0.15) is 0 Å². The zero-order valence-electron chi connectivity index (χ0n) is 9.21. The molecule has 5 heteroatoms. The first-order valence-corrected chi connectivity index (χ1v) is 5.24. The smallest absolute Gasteiger partial charge is 0.271 e. The molecule has 0 spiro atoms. The number of hydrogen-bond donors (Lipinski definition) is 1. The molecule has 3 rings (SSSR count). The van der Waals surface area contributed by atoms with Gasteiger partial charge < -0.3 is 5.32 Å². The second-order valence-corrected chi connectivity index (χ2v) is 3.68. The van der Waals surface area contributed by atoms with Gasteiger partial charge in [-0.05, 0) is 12.1 Å². The number of amides is 1. The van der Waals surface area contributed by atoms with Crippen LogP contribution in [0.4, 0.5) is 0 Å². The summed E-state index contributed by atoms with van der Waals surface area (Å²) in [7, 11) is 1.59. The Morgan fingerprint density at radius 1 is 1.29 bits per heavy atom. The lowest BCUT2D eigenvalue weighted by molar-refractivity contribution is 0.0960. The Hall–Kier alpha value is -2.43. The molecule has 5 nitrogen and oxygen atoms in total. The summed E-state index contributed by atoms with van der Waals surface area (Å²) >= 11 is 0. The number of para-hydroxylation sites is 2. The number of hydrogen-bond acceptors (Lipinski definition) is 3. The van der Waals surface area contributed by atoms with Crippen molar-refractivity contribution in [1.29, 1.82) is 0 Å². The fourth-order valence-electron chi connectivity index (χ4n) is 1.89. The molecular weight excluding hydrogens is 216 g/mol. The summed E-state index contributed by atoms with van der Waals surface area (Å²) in [6.07, 6.45) is 3.33. The maximum atomic E-state index is 11.8. The van der Waals surface area contributed by atoms with Gasteiger partial charge in [-0.15, -0.1) is 0 Å². The lowest BCUT2D eigenvalue weighted by atomic mass is 10.2. The highest BCUT2D eigenvalue weighted by atomic mass is 16.1. The summed E-state index contributed by atoms with van der Waals surface area (Å²) in [6.45, 7) is 0. The Kier molecular flexibility index (Phi) is 2.04.